The lowest BCUT2D eigenvalue weighted by molar-refractivity contribution is -0.133. The summed E-state index contributed by atoms with van der Waals surface area (Å²) in [5.41, 5.74) is 2.83. The average molecular weight is 343 g/mol. The van der Waals surface area contributed by atoms with Crippen LogP contribution >= 0.6 is 0 Å². The van der Waals surface area contributed by atoms with Crippen molar-refractivity contribution in [1.82, 2.24) is 15.4 Å². The van der Waals surface area contributed by atoms with Crippen LogP contribution in [0.5, 0.6) is 5.75 Å². The molecule has 1 aliphatic rings. The van der Waals surface area contributed by atoms with Gasteiger partial charge in [0.25, 0.3) is 0 Å². The van der Waals surface area contributed by atoms with Gasteiger partial charge in [-0.1, -0.05) is 17.3 Å². The molecule has 3 rings (SSSR count). The minimum Gasteiger partial charge on any atom is -0.489 e. The van der Waals surface area contributed by atoms with Crippen LogP contribution in [0.25, 0.3) is 0 Å². The van der Waals surface area contributed by atoms with Crippen LogP contribution in [-0.2, 0) is 17.8 Å². The molecule has 1 saturated heterocycles. The van der Waals surface area contributed by atoms with E-state index < -0.39 is 0 Å². The van der Waals surface area contributed by atoms with Crippen LogP contribution in [0.1, 0.15) is 29.5 Å². The number of piperazine rings is 1. The lowest BCUT2D eigenvalue weighted by Gasteiger charge is -2.34. The second-order valence-electron chi connectivity index (χ2n) is 6.55. The summed E-state index contributed by atoms with van der Waals surface area (Å²) in [5, 5.41) is 7.23. The van der Waals surface area contributed by atoms with Crippen LogP contribution < -0.4 is 10.1 Å². The van der Waals surface area contributed by atoms with Crippen LogP contribution in [0, 0.1) is 13.8 Å². The first-order valence-electron chi connectivity index (χ1n) is 8.68. The standard InChI is InChI=1S/C19H25N3O3/c1-13-11-20-8-9-22(13)19(23)10-16-4-6-17(7-5-16)24-12-18-14(2)21-25-15(18)3/h4-7,13,20H,8-12H2,1-3H3/t13-/m1/s1. The third kappa shape index (κ3) is 4.20. The van der Waals surface area contributed by atoms with Gasteiger partial charge in [-0.2, -0.15) is 0 Å². The molecule has 1 aliphatic heterocycles. The fourth-order valence-corrected chi connectivity index (χ4v) is 3.05. The molecule has 6 heteroatoms. The van der Waals surface area contributed by atoms with Crippen LogP contribution in [-0.4, -0.2) is 41.6 Å². The highest BCUT2D eigenvalue weighted by Gasteiger charge is 2.22. The number of carbonyl (C=O) groups is 1. The molecule has 6 nitrogen and oxygen atoms in total. The minimum atomic E-state index is 0.179. The van der Waals surface area contributed by atoms with E-state index in [4.69, 9.17) is 9.26 Å². The Morgan fingerprint density at radius 1 is 1.36 bits per heavy atom. The first kappa shape index (κ1) is 17.5. The Kier molecular flexibility index (Phi) is 5.38. The summed E-state index contributed by atoms with van der Waals surface area (Å²) in [6, 6.07) is 7.96. The number of nitrogens with one attached hydrogen (secondary N) is 1. The minimum absolute atomic E-state index is 0.179. The van der Waals surface area contributed by atoms with Crippen molar-refractivity contribution in [3.8, 4) is 5.75 Å². The summed E-state index contributed by atoms with van der Waals surface area (Å²) in [7, 11) is 0. The van der Waals surface area contributed by atoms with Crippen LogP contribution in [0.2, 0.25) is 0 Å². The quantitative estimate of drug-likeness (QED) is 0.902. The van der Waals surface area contributed by atoms with Gasteiger partial charge in [0, 0.05) is 25.7 Å². The molecule has 25 heavy (non-hydrogen) atoms. The average Bonchev–Trinajstić information content (AvgIpc) is 2.93. The van der Waals surface area contributed by atoms with Crippen LogP contribution in [0.15, 0.2) is 28.8 Å². The zero-order valence-electron chi connectivity index (χ0n) is 15.0. The van der Waals surface area contributed by atoms with E-state index in [1.807, 2.05) is 43.0 Å². The normalized spacial score (nSPS) is 17.6. The highest BCUT2D eigenvalue weighted by Crippen LogP contribution is 2.18. The van der Waals surface area contributed by atoms with Crippen molar-refractivity contribution in [2.75, 3.05) is 19.6 Å². The van der Waals surface area contributed by atoms with Gasteiger partial charge in [0.1, 0.15) is 18.1 Å². The van der Waals surface area contributed by atoms with Crippen molar-refractivity contribution in [2.24, 2.45) is 0 Å². The molecular weight excluding hydrogens is 318 g/mol. The fraction of sp³-hybridized carbons (Fsp3) is 0.474. The van der Waals surface area contributed by atoms with E-state index >= 15 is 0 Å². The Morgan fingerprint density at radius 2 is 2.12 bits per heavy atom. The van der Waals surface area contributed by atoms with Gasteiger partial charge in [0.05, 0.1) is 17.7 Å². The topological polar surface area (TPSA) is 67.6 Å². The summed E-state index contributed by atoms with van der Waals surface area (Å²) in [6.07, 6.45) is 0.425. The molecule has 2 aromatic rings. The van der Waals surface area contributed by atoms with E-state index in [1.165, 1.54) is 0 Å². The summed E-state index contributed by atoms with van der Waals surface area (Å²) in [4.78, 5) is 14.4. The number of carbonyl (C=O) groups excluding carboxylic acids is 1. The zero-order valence-corrected chi connectivity index (χ0v) is 15.0. The predicted molar refractivity (Wildman–Crippen MR) is 94.5 cm³/mol. The maximum Gasteiger partial charge on any atom is 0.227 e. The maximum atomic E-state index is 12.5. The van der Waals surface area contributed by atoms with E-state index in [0.29, 0.717) is 13.0 Å². The fourth-order valence-electron chi connectivity index (χ4n) is 3.05. The number of benzene rings is 1. The van der Waals surface area contributed by atoms with Gasteiger partial charge in [-0.05, 0) is 38.5 Å². The van der Waals surface area contributed by atoms with Crippen molar-refractivity contribution >= 4 is 5.91 Å². The van der Waals surface area contributed by atoms with E-state index in [0.717, 1.165) is 48.0 Å². The number of amides is 1. The third-order valence-electron chi connectivity index (χ3n) is 4.66. The monoisotopic (exact) mass is 343 g/mol. The Bertz CT molecular complexity index is 705. The lowest BCUT2D eigenvalue weighted by Crippen LogP contribution is -2.52. The zero-order chi connectivity index (χ0) is 17.8. The molecule has 0 spiro atoms. The first-order chi connectivity index (χ1) is 12.0. The molecule has 0 radical (unpaired) electrons. The molecule has 1 aromatic carbocycles. The van der Waals surface area contributed by atoms with Crippen molar-refractivity contribution in [1.29, 1.82) is 0 Å². The number of hydrogen-bond donors (Lipinski definition) is 1. The summed E-state index contributed by atoms with van der Waals surface area (Å²) < 4.78 is 10.9. The summed E-state index contributed by atoms with van der Waals surface area (Å²) in [6.45, 7) is 8.79. The number of aromatic nitrogens is 1. The highest BCUT2D eigenvalue weighted by atomic mass is 16.5. The smallest absolute Gasteiger partial charge is 0.227 e. The van der Waals surface area contributed by atoms with Crippen LogP contribution in [0.4, 0.5) is 0 Å². The molecule has 2 heterocycles. The summed E-state index contributed by atoms with van der Waals surface area (Å²) >= 11 is 0. The van der Waals surface area contributed by atoms with Gasteiger partial charge >= 0.3 is 0 Å². The van der Waals surface area contributed by atoms with E-state index in [2.05, 4.69) is 17.4 Å². The SMILES string of the molecule is Cc1noc(C)c1COc1ccc(CC(=O)N2CCNC[C@H]2C)cc1. The number of nitrogens with zero attached hydrogens (tertiary/aromatic N) is 2. The van der Waals surface area contributed by atoms with Gasteiger partial charge in [-0.3, -0.25) is 4.79 Å². The molecule has 0 unspecified atom stereocenters. The second-order valence-corrected chi connectivity index (χ2v) is 6.55. The number of aryl methyl sites for hydroxylation is 2. The third-order valence-corrected chi connectivity index (χ3v) is 4.66. The molecule has 134 valence electrons. The largest absolute Gasteiger partial charge is 0.489 e. The Morgan fingerprint density at radius 3 is 2.76 bits per heavy atom. The highest BCUT2D eigenvalue weighted by molar-refractivity contribution is 5.79. The first-order valence-corrected chi connectivity index (χ1v) is 8.68. The van der Waals surface area contributed by atoms with Crippen molar-refractivity contribution in [3.63, 3.8) is 0 Å². The molecular formula is C19H25N3O3. The number of hydrogen-bond acceptors (Lipinski definition) is 5. The molecule has 0 bridgehead atoms. The van der Waals surface area contributed by atoms with Gasteiger partial charge in [0.15, 0.2) is 0 Å². The van der Waals surface area contributed by atoms with Gasteiger partial charge in [-0.25, -0.2) is 0 Å². The van der Waals surface area contributed by atoms with E-state index in [9.17, 15) is 4.79 Å². The van der Waals surface area contributed by atoms with Gasteiger partial charge in [-0.15, -0.1) is 0 Å². The Hall–Kier alpha value is -2.34. The number of ether oxygens (including phenoxy) is 1. The predicted octanol–water partition coefficient (Wildman–Crippen LogP) is 2.23. The van der Waals surface area contributed by atoms with E-state index in [1.54, 1.807) is 0 Å². The van der Waals surface area contributed by atoms with Gasteiger partial charge in [0.2, 0.25) is 5.91 Å². The molecule has 1 N–H and O–H groups in total. The van der Waals surface area contributed by atoms with Crippen LogP contribution in [0.3, 0.4) is 0 Å². The molecule has 1 atom stereocenters. The lowest BCUT2D eigenvalue weighted by atomic mass is 10.1. The maximum absolute atomic E-state index is 12.5. The van der Waals surface area contributed by atoms with Crippen molar-refractivity contribution in [3.05, 3.63) is 46.8 Å². The molecule has 1 amide bonds. The Labute approximate surface area is 148 Å². The van der Waals surface area contributed by atoms with Crippen molar-refractivity contribution < 1.29 is 14.1 Å². The van der Waals surface area contributed by atoms with E-state index in [-0.39, 0.29) is 11.9 Å². The Balaban J connectivity index is 1.56. The van der Waals surface area contributed by atoms with Gasteiger partial charge < -0.3 is 19.5 Å². The number of rotatable bonds is 5. The molecule has 0 aliphatic carbocycles. The second kappa shape index (κ2) is 7.70. The molecule has 0 saturated carbocycles. The van der Waals surface area contributed by atoms with Crippen molar-refractivity contribution in [2.45, 2.75) is 39.8 Å². The molecule has 1 aromatic heterocycles. The molecule has 1 fully saturated rings. The summed E-state index contributed by atoms with van der Waals surface area (Å²) in [5.74, 6) is 1.73.